The zero-order valence-corrected chi connectivity index (χ0v) is 19.1. The number of hydrogen-bond donors (Lipinski definition) is 0. The van der Waals surface area contributed by atoms with Gasteiger partial charge in [-0.05, 0) is 61.2 Å². The van der Waals surface area contributed by atoms with E-state index in [1.807, 2.05) is 24.3 Å². The maximum atomic E-state index is 12.2. The summed E-state index contributed by atoms with van der Waals surface area (Å²) in [6, 6.07) is 20.0. The first-order valence-corrected chi connectivity index (χ1v) is 12.2. The van der Waals surface area contributed by atoms with E-state index in [0.29, 0.717) is 18.7 Å². The van der Waals surface area contributed by atoms with Gasteiger partial charge in [0.2, 0.25) is 0 Å². The lowest BCUT2D eigenvalue weighted by molar-refractivity contribution is 0.0526. The molecule has 0 atom stereocenters. The van der Waals surface area contributed by atoms with Gasteiger partial charge in [-0.3, -0.25) is 4.98 Å². The molecule has 0 saturated carbocycles. The molecule has 2 aromatic heterocycles. The van der Waals surface area contributed by atoms with Gasteiger partial charge >= 0.3 is 5.97 Å². The van der Waals surface area contributed by atoms with Crippen molar-refractivity contribution in [3.63, 3.8) is 0 Å². The summed E-state index contributed by atoms with van der Waals surface area (Å²) < 4.78 is 7.30. The highest BCUT2D eigenvalue weighted by Crippen LogP contribution is 2.29. The number of esters is 1. The van der Waals surface area contributed by atoms with E-state index in [9.17, 15) is 4.79 Å². The van der Waals surface area contributed by atoms with E-state index in [1.54, 1.807) is 48.8 Å². The van der Waals surface area contributed by atoms with Crippen LogP contribution in [0.25, 0.3) is 11.0 Å². The van der Waals surface area contributed by atoms with Crippen molar-refractivity contribution >= 4 is 40.5 Å². The first-order valence-electron chi connectivity index (χ1n) is 10.0. The minimum Gasteiger partial charge on any atom is -0.462 e. The molecule has 4 aromatic rings. The lowest BCUT2D eigenvalue weighted by atomic mass is 10.2. The zero-order valence-electron chi connectivity index (χ0n) is 17.4. The Morgan fingerprint density at radius 1 is 1.10 bits per heavy atom. The number of carbonyl (C=O) groups is 1. The Bertz CT molecular complexity index is 1170. The van der Waals surface area contributed by atoms with Gasteiger partial charge in [0.1, 0.15) is 0 Å². The highest BCUT2D eigenvalue weighted by molar-refractivity contribution is 7.98. The number of pyridine rings is 1. The van der Waals surface area contributed by atoms with Gasteiger partial charge < -0.3 is 9.30 Å². The maximum absolute atomic E-state index is 12.2. The third-order valence-electron chi connectivity index (χ3n) is 4.80. The quantitative estimate of drug-likeness (QED) is 0.255. The number of ether oxygens (including phenoxy) is 1. The van der Waals surface area contributed by atoms with Crippen LogP contribution in [0.4, 0.5) is 0 Å². The molecule has 0 radical (unpaired) electrons. The highest BCUT2D eigenvalue weighted by Gasteiger charge is 2.15. The largest absolute Gasteiger partial charge is 0.462 e. The summed E-state index contributed by atoms with van der Waals surface area (Å²) >= 11 is 3.42. The highest BCUT2D eigenvalue weighted by atomic mass is 32.2. The van der Waals surface area contributed by atoms with Crippen LogP contribution >= 0.6 is 23.5 Å². The molecule has 0 saturated heterocycles. The maximum Gasteiger partial charge on any atom is 0.338 e. The van der Waals surface area contributed by atoms with E-state index in [1.165, 1.54) is 10.5 Å². The van der Waals surface area contributed by atoms with Crippen LogP contribution in [0.15, 0.2) is 76.9 Å². The monoisotopic (exact) mass is 449 g/mol. The normalized spacial score (nSPS) is 11.0. The molecular weight excluding hydrogens is 426 g/mol. The summed E-state index contributed by atoms with van der Waals surface area (Å²) in [5.41, 5.74) is 4.47. The summed E-state index contributed by atoms with van der Waals surface area (Å²) in [6.07, 6.45) is 3.88. The SMILES string of the molecule is CCOC(=O)c1ccc2c(c1)nc(SCc1ccc(SC)cc1)n2Cc1ccccn1. The fraction of sp³-hybridized carbons (Fsp3) is 0.208. The molecular formula is C24H23N3O2S2. The van der Waals surface area contributed by atoms with Gasteiger partial charge in [0.05, 0.1) is 35.4 Å². The molecule has 0 unspecified atom stereocenters. The summed E-state index contributed by atoms with van der Waals surface area (Å²) in [5, 5.41) is 0.899. The van der Waals surface area contributed by atoms with Crippen LogP contribution in [0, 0.1) is 0 Å². The van der Waals surface area contributed by atoms with Crippen molar-refractivity contribution in [1.29, 1.82) is 0 Å². The molecule has 7 heteroatoms. The van der Waals surface area contributed by atoms with E-state index in [0.717, 1.165) is 27.6 Å². The van der Waals surface area contributed by atoms with Gasteiger partial charge in [0.25, 0.3) is 0 Å². The minimum absolute atomic E-state index is 0.327. The molecule has 2 aromatic carbocycles. The van der Waals surface area contributed by atoms with E-state index < -0.39 is 0 Å². The van der Waals surface area contributed by atoms with Gasteiger partial charge in [-0.1, -0.05) is 30.0 Å². The van der Waals surface area contributed by atoms with Crippen molar-refractivity contribution in [2.45, 2.75) is 29.3 Å². The van der Waals surface area contributed by atoms with Crippen LogP contribution in [0.3, 0.4) is 0 Å². The number of nitrogens with zero attached hydrogens (tertiary/aromatic N) is 3. The fourth-order valence-corrected chi connectivity index (χ4v) is 4.61. The Morgan fingerprint density at radius 3 is 2.65 bits per heavy atom. The molecule has 0 N–H and O–H groups in total. The molecule has 4 rings (SSSR count). The minimum atomic E-state index is -0.327. The summed E-state index contributed by atoms with van der Waals surface area (Å²) in [7, 11) is 0. The molecule has 2 heterocycles. The number of benzene rings is 2. The number of fused-ring (bicyclic) bond motifs is 1. The van der Waals surface area contributed by atoms with Crippen molar-refractivity contribution < 1.29 is 9.53 Å². The van der Waals surface area contributed by atoms with E-state index >= 15 is 0 Å². The molecule has 0 aliphatic carbocycles. The van der Waals surface area contributed by atoms with Crippen LogP contribution in [0.1, 0.15) is 28.5 Å². The summed E-state index contributed by atoms with van der Waals surface area (Å²) in [6.45, 7) is 2.77. The van der Waals surface area contributed by atoms with Gasteiger partial charge in [-0.2, -0.15) is 0 Å². The van der Waals surface area contributed by atoms with Crippen LogP contribution in [-0.4, -0.2) is 33.4 Å². The van der Waals surface area contributed by atoms with Gasteiger partial charge in [-0.25, -0.2) is 9.78 Å². The summed E-state index contributed by atoms with van der Waals surface area (Å²) in [4.78, 5) is 22.7. The topological polar surface area (TPSA) is 57.0 Å². The Hall–Kier alpha value is -2.77. The van der Waals surface area contributed by atoms with Crippen LogP contribution in [0.2, 0.25) is 0 Å². The van der Waals surface area contributed by atoms with Crippen molar-refractivity contribution in [3.8, 4) is 0 Å². The molecule has 0 spiro atoms. The average Bonchev–Trinajstić information content (AvgIpc) is 3.15. The smallest absolute Gasteiger partial charge is 0.338 e. The number of hydrogen-bond acceptors (Lipinski definition) is 6. The second-order valence-corrected chi connectivity index (χ2v) is 8.68. The van der Waals surface area contributed by atoms with Crippen LogP contribution in [0.5, 0.6) is 0 Å². The fourth-order valence-electron chi connectivity index (χ4n) is 3.24. The summed E-state index contributed by atoms with van der Waals surface area (Å²) in [5.74, 6) is 0.483. The van der Waals surface area contributed by atoms with E-state index in [4.69, 9.17) is 9.72 Å². The second-order valence-electron chi connectivity index (χ2n) is 6.86. The van der Waals surface area contributed by atoms with Gasteiger partial charge in [0.15, 0.2) is 5.16 Å². The molecule has 0 fully saturated rings. The molecule has 0 aliphatic heterocycles. The first-order chi connectivity index (χ1) is 15.2. The molecule has 158 valence electrons. The lowest BCUT2D eigenvalue weighted by Gasteiger charge is -2.09. The van der Waals surface area contributed by atoms with Crippen molar-refractivity contribution in [1.82, 2.24) is 14.5 Å². The van der Waals surface area contributed by atoms with Crippen LogP contribution in [-0.2, 0) is 17.0 Å². The average molecular weight is 450 g/mol. The molecule has 0 amide bonds. The Morgan fingerprint density at radius 2 is 1.94 bits per heavy atom. The first kappa shape index (κ1) is 21.5. The zero-order chi connectivity index (χ0) is 21.6. The third-order valence-corrected chi connectivity index (χ3v) is 6.59. The third kappa shape index (κ3) is 5.11. The molecule has 31 heavy (non-hydrogen) atoms. The van der Waals surface area contributed by atoms with Crippen molar-refractivity contribution in [2.75, 3.05) is 12.9 Å². The molecule has 0 bridgehead atoms. The number of aromatic nitrogens is 3. The Labute approximate surface area is 190 Å². The van der Waals surface area contributed by atoms with Crippen LogP contribution < -0.4 is 0 Å². The van der Waals surface area contributed by atoms with Gasteiger partial charge in [-0.15, -0.1) is 11.8 Å². The lowest BCUT2D eigenvalue weighted by Crippen LogP contribution is -2.05. The number of rotatable bonds is 8. The van der Waals surface area contributed by atoms with Crippen molar-refractivity contribution in [2.24, 2.45) is 0 Å². The predicted molar refractivity (Wildman–Crippen MR) is 127 cm³/mol. The van der Waals surface area contributed by atoms with Gasteiger partial charge in [0, 0.05) is 16.8 Å². The standard InChI is InChI=1S/C24H23N3O2S2/c1-3-29-23(28)18-9-12-22-21(14-18)26-24(27(22)15-19-6-4-5-13-25-19)31-16-17-7-10-20(30-2)11-8-17/h4-14H,3,15-16H2,1-2H3. The Kier molecular flexibility index (Phi) is 6.94. The molecule has 0 aliphatic rings. The number of carbonyl (C=O) groups excluding carboxylic acids is 1. The Balaban J connectivity index is 1.66. The second kappa shape index (κ2) is 10.0. The molecule has 5 nitrogen and oxygen atoms in total. The predicted octanol–water partition coefficient (Wildman–Crippen LogP) is 5.67. The van der Waals surface area contributed by atoms with E-state index in [-0.39, 0.29) is 5.97 Å². The number of imidazole rings is 1. The number of thioether (sulfide) groups is 2. The van der Waals surface area contributed by atoms with E-state index in [2.05, 4.69) is 40.1 Å². The van der Waals surface area contributed by atoms with Crippen molar-refractivity contribution in [3.05, 3.63) is 83.7 Å².